The molecule has 0 aromatic carbocycles. The van der Waals surface area contributed by atoms with E-state index in [1.165, 1.54) is 0 Å². The molecule has 0 spiro atoms. The molecule has 0 aliphatic carbocycles. The van der Waals surface area contributed by atoms with Gasteiger partial charge in [-0.2, -0.15) is 5.10 Å². The Morgan fingerprint density at radius 1 is 1.25 bits per heavy atom. The van der Waals surface area contributed by atoms with Gasteiger partial charge in [-0.15, -0.1) is 0 Å². The molecule has 7 nitrogen and oxygen atoms in total. The van der Waals surface area contributed by atoms with Gasteiger partial charge < -0.3 is 5.32 Å². The maximum absolute atomic E-state index is 11.2. The van der Waals surface area contributed by atoms with Gasteiger partial charge in [0.25, 0.3) is 0 Å². The molecule has 0 unspecified atom stereocenters. The number of nitrogens with zero attached hydrogens (tertiary/aromatic N) is 4. The average molecular weight is 281 g/mol. The minimum Gasteiger partial charge on any atom is -0.314 e. The van der Waals surface area contributed by atoms with Crippen LogP contribution in [-0.2, 0) is 19.4 Å². The van der Waals surface area contributed by atoms with Crippen LogP contribution in [0.2, 0.25) is 0 Å². The standard InChI is InChI=1S/C13H23N5O2/c1-3-11-13(18(19)20)12(4-2)17(15-11)10-9-16-7-5-14-6-8-16/h14H,3-10H2,1-2H3. The fraction of sp³-hybridized carbons (Fsp3) is 0.769. The summed E-state index contributed by atoms with van der Waals surface area (Å²) >= 11 is 0. The summed E-state index contributed by atoms with van der Waals surface area (Å²) < 4.78 is 1.83. The lowest BCUT2D eigenvalue weighted by Gasteiger charge is -2.27. The van der Waals surface area contributed by atoms with Crippen LogP contribution in [0, 0.1) is 10.1 Å². The van der Waals surface area contributed by atoms with Crippen LogP contribution >= 0.6 is 0 Å². The maximum atomic E-state index is 11.2. The van der Waals surface area contributed by atoms with E-state index in [0.29, 0.717) is 18.5 Å². The van der Waals surface area contributed by atoms with Crippen LogP contribution in [0.3, 0.4) is 0 Å². The van der Waals surface area contributed by atoms with Gasteiger partial charge in [-0.1, -0.05) is 13.8 Å². The van der Waals surface area contributed by atoms with E-state index in [4.69, 9.17) is 0 Å². The Bertz CT molecular complexity index is 466. The largest absolute Gasteiger partial charge is 0.314 e. The summed E-state index contributed by atoms with van der Waals surface area (Å²) in [5.74, 6) is 0. The number of nitro groups is 1. The van der Waals surface area contributed by atoms with Crippen LogP contribution in [0.4, 0.5) is 5.69 Å². The SMILES string of the molecule is CCc1nn(CCN2CCNCC2)c(CC)c1[N+](=O)[O-]. The third-order valence-corrected chi connectivity index (χ3v) is 3.79. The van der Waals surface area contributed by atoms with Gasteiger partial charge in [0.05, 0.1) is 11.5 Å². The van der Waals surface area contributed by atoms with Crippen LogP contribution in [0.15, 0.2) is 0 Å². The molecule has 2 heterocycles. The first kappa shape index (κ1) is 14.9. The fourth-order valence-electron chi connectivity index (χ4n) is 2.70. The minimum absolute atomic E-state index is 0.218. The number of hydrogen-bond acceptors (Lipinski definition) is 5. The molecule has 2 rings (SSSR count). The van der Waals surface area contributed by atoms with E-state index in [1.54, 1.807) is 0 Å². The van der Waals surface area contributed by atoms with Gasteiger partial charge in [-0.25, -0.2) is 0 Å². The van der Waals surface area contributed by atoms with Crippen LogP contribution < -0.4 is 5.32 Å². The van der Waals surface area contributed by atoms with Gasteiger partial charge in [0.15, 0.2) is 0 Å². The molecule has 0 saturated carbocycles. The lowest BCUT2D eigenvalue weighted by atomic mass is 10.2. The first-order valence-corrected chi connectivity index (χ1v) is 7.33. The number of hydrogen-bond donors (Lipinski definition) is 1. The van der Waals surface area contributed by atoms with Crippen LogP contribution in [-0.4, -0.2) is 52.3 Å². The molecule has 0 bridgehead atoms. The van der Waals surface area contributed by atoms with Crippen molar-refractivity contribution < 1.29 is 4.92 Å². The zero-order chi connectivity index (χ0) is 14.5. The van der Waals surface area contributed by atoms with Gasteiger partial charge in [0, 0.05) is 32.7 Å². The van der Waals surface area contributed by atoms with E-state index in [1.807, 2.05) is 18.5 Å². The molecule has 20 heavy (non-hydrogen) atoms. The van der Waals surface area contributed by atoms with Gasteiger partial charge >= 0.3 is 5.69 Å². The molecule has 0 radical (unpaired) electrons. The number of piperazine rings is 1. The number of aryl methyl sites for hydroxylation is 1. The van der Waals surface area contributed by atoms with Crippen molar-refractivity contribution in [2.75, 3.05) is 32.7 Å². The highest BCUT2D eigenvalue weighted by Crippen LogP contribution is 2.24. The van der Waals surface area contributed by atoms with E-state index < -0.39 is 0 Å². The smallest absolute Gasteiger partial charge is 0.313 e. The lowest BCUT2D eigenvalue weighted by molar-refractivity contribution is -0.386. The molecule has 1 saturated heterocycles. The second kappa shape index (κ2) is 6.81. The van der Waals surface area contributed by atoms with Gasteiger partial charge in [-0.05, 0) is 12.8 Å². The highest BCUT2D eigenvalue weighted by molar-refractivity contribution is 5.41. The summed E-state index contributed by atoms with van der Waals surface area (Å²) in [7, 11) is 0. The average Bonchev–Trinajstić information content (AvgIpc) is 2.84. The predicted molar refractivity (Wildman–Crippen MR) is 76.9 cm³/mol. The molecule has 1 N–H and O–H groups in total. The molecule has 0 atom stereocenters. The first-order valence-electron chi connectivity index (χ1n) is 7.33. The summed E-state index contributed by atoms with van der Waals surface area (Å²) in [5, 5.41) is 19.0. The van der Waals surface area contributed by atoms with Gasteiger partial charge in [0.1, 0.15) is 11.4 Å². The monoisotopic (exact) mass is 281 g/mol. The molecular weight excluding hydrogens is 258 g/mol. The summed E-state index contributed by atoms with van der Waals surface area (Å²) in [5.41, 5.74) is 1.57. The molecule has 0 amide bonds. The highest BCUT2D eigenvalue weighted by atomic mass is 16.6. The zero-order valence-corrected chi connectivity index (χ0v) is 12.3. The van der Waals surface area contributed by atoms with Crippen molar-refractivity contribution >= 4 is 5.69 Å². The Kier molecular flexibility index (Phi) is 5.08. The Labute approximate surface area is 119 Å². The molecule has 1 aromatic heterocycles. The Hall–Kier alpha value is -1.47. The summed E-state index contributed by atoms with van der Waals surface area (Å²) in [6.07, 6.45) is 1.24. The summed E-state index contributed by atoms with van der Waals surface area (Å²) in [6.45, 7) is 9.58. The molecule has 1 aliphatic rings. The van der Waals surface area contributed by atoms with E-state index in [-0.39, 0.29) is 10.6 Å². The van der Waals surface area contributed by atoms with Crippen LogP contribution in [0.5, 0.6) is 0 Å². The Balaban J connectivity index is 2.12. The highest BCUT2D eigenvalue weighted by Gasteiger charge is 2.25. The van der Waals surface area contributed by atoms with E-state index in [9.17, 15) is 10.1 Å². The molecule has 112 valence electrons. The van der Waals surface area contributed by atoms with E-state index in [2.05, 4.69) is 15.3 Å². The fourth-order valence-corrected chi connectivity index (χ4v) is 2.70. The summed E-state index contributed by atoms with van der Waals surface area (Å²) in [6, 6.07) is 0. The molecule has 7 heteroatoms. The van der Waals surface area contributed by atoms with Gasteiger partial charge in [0.2, 0.25) is 0 Å². The Morgan fingerprint density at radius 3 is 2.50 bits per heavy atom. The first-order chi connectivity index (χ1) is 9.67. The van der Waals surface area contributed by atoms with Crippen molar-refractivity contribution in [1.29, 1.82) is 0 Å². The van der Waals surface area contributed by atoms with Crippen molar-refractivity contribution in [2.45, 2.75) is 33.2 Å². The summed E-state index contributed by atoms with van der Waals surface area (Å²) in [4.78, 5) is 13.3. The molecule has 1 aromatic rings. The second-order valence-corrected chi connectivity index (χ2v) is 5.02. The maximum Gasteiger partial charge on any atom is 0.313 e. The topological polar surface area (TPSA) is 76.2 Å². The predicted octanol–water partition coefficient (Wildman–Crippen LogP) is 0.821. The normalized spacial score (nSPS) is 16.5. The van der Waals surface area contributed by atoms with Gasteiger partial charge in [-0.3, -0.25) is 19.7 Å². The van der Waals surface area contributed by atoms with Crippen molar-refractivity contribution in [2.24, 2.45) is 0 Å². The van der Waals surface area contributed by atoms with Crippen molar-refractivity contribution in [3.8, 4) is 0 Å². The number of rotatable bonds is 6. The molecule has 1 fully saturated rings. The zero-order valence-electron chi connectivity index (χ0n) is 12.3. The second-order valence-electron chi connectivity index (χ2n) is 5.02. The third-order valence-electron chi connectivity index (χ3n) is 3.79. The van der Waals surface area contributed by atoms with Crippen molar-refractivity contribution in [1.82, 2.24) is 20.0 Å². The van der Waals surface area contributed by atoms with E-state index in [0.717, 1.165) is 45.0 Å². The van der Waals surface area contributed by atoms with E-state index >= 15 is 0 Å². The quantitative estimate of drug-likeness (QED) is 0.617. The minimum atomic E-state index is -0.286. The van der Waals surface area contributed by atoms with Crippen molar-refractivity contribution in [3.63, 3.8) is 0 Å². The molecule has 1 aliphatic heterocycles. The number of nitrogens with one attached hydrogen (secondary N) is 1. The lowest BCUT2D eigenvalue weighted by Crippen LogP contribution is -2.44. The van der Waals surface area contributed by atoms with Crippen molar-refractivity contribution in [3.05, 3.63) is 21.5 Å². The Morgan fingerprint density at radius 2 is 1.95 bits per heavy atom. The van der Waals surface area contributed by atoms with Crippen LogP contribution in [0.25, 0.3) is 0 Å². The number of aromatic nitrogens is 2. The third kappa shape index (κ3) is 3.16. The molecular formula is C13H23N5O2. The van der Waals surface area contributed by atoms with Crippen LogP contribution in [0.1, 0.15) is 25.2 Å².